The molecule has 1 saturated heterocycles. The van der Waals surface area contributed by atoms with E-state index < -0.39 is 0 Å². The van der Waals surface area contributed by atoms with E-state index in [2.05, 4.69) is 12.2 Å². The predicted octanol–water partition coefficient (Wildman–Crippen LogP) is 3.49. The van der Waals surface area contributed by atoms with Crippen molar-refractivity contribution in [2.45, 2.75) is 31.2 Å². The first-order valence-corrected chi connectivity index (χ1v) is 9.25. The molecule has 2 atom stereocenters. The maximum absolute atomic E-state index is 12.5. The standard InChI is InChI=1S/C21H23N3O3/c1-2-21(22)13-18(21)14-3-7-16(8-4-14)23-19(25)15-5-9-17(10-6-15)24-11-12-27-20(24)26/h3-10,18H,2,11-13,22H2,1H3,(H,23,25)/t18-,21+/m0/s1. The first kappa shape index (κ1) is 17.5. The second-order valence-electron chi connectivity index (χ2n) is 7.23. The molecule has 2 fully saturated rings. The molecule has 1 saturated carbocycles. The first-order valence-electron chi connectivity index (χ1n) is 9.25. The topological polar surface area (TPSA) is 84.7 Å². The number of hydrogen-bond acceptors (Lipinski definition) is 4. The van der Waals surface area contributed by atoms with E-state index in [9.17, 15) is 9.59 Å². The molecule has 2 amide bonds. The Kier molecular flexibility index (Phi) is 4.36. The lowest BCUT2D eigenvalue weighted by molar-refractivity contribution is 0.102. The third-order valence-corrected chi connectivity index (χ3v) is 5.55. The summed E-state index contributed by atoms with van der Waals surface area (Å²) in [6, 6.07) is 14.8. The Bertz CT molecular complexity index is 863. The zero-order valence-electron chi connectivity index (χ0n) is 15.3. The second kappa shape index (κ2) is 6.70. The summed E-state index contributed by atoms with van der Waals surface area (Å²) in [6.07, 6.45) is 1.64. The lowest BCUT2D eigenvalue weighted by Crippen LogP contribution is -2.23. The quantitative estimate of drug-likeness (QED) is 0.849. The van der Waals surface area contributed by atoms with E-state index in [4.69, 9.17) is 10.5 Å². The van der Waals surface area contributed by atoms with Gasteiger partial charge in [-0.3, -0.25) is 9.69 Å². The fourth-order valence-corrected chi connectivity index (χ4v) is 3.58. The van der Waals surface area contributed by atoms with Crippen molar-refractivity contribution >= 4 is 23.4 Å². The molecular weight excluding hydrogens is 342 g/mol. The summed E-state index contributed by atoms with van der Waals surface area (Å²) < 4.78 is 4.93. The van der Waals surface area contributed by atoms with Crippen molar-refractivity contribution in [2.24, 2.45) is 5.73 Å². The normalized spacial score (nSPS) is 23.9. The number of carbonyl (C=O) groups is 2. The van der Waals surface area contributed by atoms with Gasteiger partial charge in [0.25, 0.3) is 5.91 Å². The molecule has 140 valence electrons. The van der Waals surface area contributed by atoms with Gasteiger partial charge in [0.05, 0.1) is 6.54 Å². The number of nitrogens with one attached hydrogen (secondary N) is 1. The van der Waals surface area contributed by atoms with Gasteiger partial charge in [-0.2, -0.15) is 0 Å². The van der Waals surface area contributed by atoms with Crippen molar-refractivity contribution in [2.75, 3.05) is 23.4 Å². The fourth-order valence-electron chi connectivity index (χ4n) is 3.58. The number of rotatable bonds is 5. The zero-order valence-corrected chi connectivity index (χ0v) is 15.3. The Morgan fingerprint density at radius 3 is 2.48 bits per heavy atom. The van der Waals surface area contributed by atoms with Gasteiger partial charge in [0.1, 0.15) is 6.61 Å². The molecule has 3 N–H and O–H groups in total. The molecule has 27 heavy (non-hydrogen) atoms. The van der Waals surface area contributed by atoms with Crippen molar-refractivity contribution in [3.8, 4) is 0 Å². The monoisotopic (exact) mass is 365 g/mol. The molecule has 1 aliphatic heterocycles. The Labute approximate surface area is 158 Å². The van der Waals surface area contributed by atoms with Crippen LogP contribution < -0.4 is 16.0 Å². The summed E-state index contributed by atoms with van der Waals surface area (Å²) in [4.78, 5) is 25.6. The van der Waals surface area contributed by atoms with Crippen LogP contribution in [0.15, 0.2) is 48.5 Å². The summed E-state index contributed by atoms with van der Waals surface area (Å²) >= 11 is 0. The lowest BCUT2D eigenvalue weighted by atomic mass is 10.0. The Morgan fingerprint density at radius 1 is 1.22 bits per heavy atom. The van der Waals surface area contributed by atoms with Crippen LogP contribution in [0.3, 0.4) is 0 Å². The number of nitrogens with two attached hydrogens (primary N) is 1. The van der Waals surface area contributed by atoms with E-state index in [0.29, 0.717) is 24.6 Å². The van der Waals surface area contributed by atoms with Crippen molar-refractivity contribution < 1.29 is 14.3 Å². The molecule has 0 bridgehead atoms. The number of anilines is 2. The Hall–Kier alpha value is -2.86. The van der Waals surface area contributed by atoms with Gasteiger partial charge in [0.15, 0.2) is 0 Å². The third kappa shape index (κ3) is 3.40. The highest BCUT2D eigenvalue weighted by Crippen LogP contribution is 2.51. The third-order valence-electron chi connectivity index (χ3n) is 5.55. The van der Waals surface area contributed by atoms with Gasteiger partial charge < -0.3 is 15.8 Å². The predicted molar refractivity (Wildman–Crippen MR) is 104 cm³/mol. The van der Waals surface area contributed by atoms with E-state index in [-0.39, 0.29) is 17.5 Å². The summed E-state index contributed by atoms with van der Waals surface area (Å²) in [5.74, 6) is 0.225. The van der Waals surface area contributed by atoms with Crippen molar-refractivity contribution in [1.82, 2.24) is 0 Å². The van der Waals surface area contributed by atoms with Crippen LogP contribution in [0.25, 0.3) is 0 Å². The van der Waals surface area contributed by atoms with Gasteiger partial charge in [0, 0.05) is 28.4 Å². The van der Waals surface area contributed by atoms with E-state index in [1.54, 1.807) is 29.2 Å². The molecule has 6 nitrogen and oxygen atoms in total. The van der Waals surface area contributed by atoms with Gasteiger partial charge in [-0.25, -0.2) is 4.79 Å². The Balaban J connectivity index is 1.39. The molecule has 0 unspecified atom stereocenters. The number of benzene rings is 2. The van der Waals surface area contributed by atoms with E-state index >= 15 is 0 Å². The zero-order chi connectivity index (χ0) is 19.0. The van der Waals surface area contributed by atoms with Gasteiger partial charge in [-0.15, -0.1) is 0 Å². The smallest absolute Gasteiger partial charge is 0.414 e. The number of carbonyl (C=O) groups excluding carboxylic acids is 2. The molecule has 2 aromatic carbocycles. The molecule has 0 spiro atoms. The fraction of sp³-hybridized carbons (Fsp3) is 0.333. The maximum atomic E-state index is 12.5. The van der Waals surface area contributed by atoms with Gasteiger partial charge in [-0.05, 0) is 54.8 Å². The number of cyclic esters (lactones) is 1. The van der Waals surface area contributed by atoms with Crippen LogP contribution in [0.4, 0.5) is 16.2 Å². The first-order chi connectivity index (χ1) is 13.0. The molecule has 0 radical (unpaired) electrons. The minimum atomic E-state index is -0.354. The SMILES string of the molecule is CC[C@@]1(N)C[C@H]1c1ccc(NC(=O)c2ccc(N3CCOC3=O)cc2)cc1. The van der Waals surface area contributed by atoms with E-state index in [1.165, 1.54) is 5.56 Å². The van der Waals surface area contributed by atoms with Crippen LogP contribution in [-0.2, 0) is 4.74 Å². The molecule has 1 heterocycles. The molecule has 2 aromatic rings. The lowest BCUT2D eigenvalue weighted by Gasteiger charge is -2.13. The number of hydrogen-bond donors (Lipinski definition) is 2. The molecular formula is C21H23N3O3. The van der Waals surface area contributed by atoms with Crippen molar-refractivity contribution in [3.63, 3.8) is 0 Å². The number of nitrogens with zero attached hydrogens (tertiary/aromatic N) is 1. The molecule has 0 aromatic heterocycles. The molecule has 1 aliphatic carbocycles. The average molecular weight is 365 g/mol. The van der Waals surface area contributed by atoms with E-state index in [1.807, 2.05) is 24.3 Å². The summed E-state index contributed by atoms with van der Waals surface area (Å²) in [7, 11) is 0. The summed E-state index contributed by atoms with van der Waals surface area (Å²) in [5, 5.41) is 2.90. The van der Waals surface area contributed by atoms with Gasteiger partial charge >= 0.3 is 6.09 Å². The van der Waals surface area contributed by atoms with Crippen LogP contribution in [0.5, 0.6) is 0 Å². The van der Waals surface area contributed by atoms with Crippen LogP contribution in [-0.4, -0.2) is 30.7 Å². The van der Waals surface area contributed by atoms with Crippen LogP contribution >= 0.6 is 0 Å². The highest BCUT2D eigenvalue weighted by molar-refractivity contribution is 6.04. The maximum Gasteiger partial charge on any atom is 0.414 e. The van der Waals surface area contributed by atoms with Gasteiger partial charge in [-0.1, -0.05) is 19.1 Å². The van der Waals surface area contributed by atoms with Crippen LogP contribution in [0.1, 0.15) is 41.6 Å². The minimum absolute atomic E-state index is 0.0612. The van der Waals surface area contributed by atoms with Crippen molar-refractivity contribution in [3.05, 3.63) is 59.7 Å². The average Bonchev–Trinajstić information content (AvgIpc) is 3.19. The minimum Gasteiger partial charge on any atom is -0.447 e. The largest absolute Gasteiger partial charge is 0.447 e. The Morgan fingerprint density at radius 2 is 1.93 bits per heavy atom. The molecule has 6 heteroatoms. The number of ether oxygens (including phenoxy) is 1. The van der Waals surface area contributed by atoms with Crippen LogP contribution in [0.2, 0.25) is 0 Å². The van der Waals surface area contributed by atoms with E-state index in [0.717, 1.165) is 24.2 Å². The molecule has 4 rings (SSSR count). The van der Waals surface area contributed by atoms with Gasteiger partial charge in [0.2, 0.25) is 0 Å². The highest BCUT2D eigenvalue weighted by atomic mass is 16.6. The summed E-state index contributed by atoms with van der Waals surface area (Å²) in [6.45, 7) is 3.04. The highest BCUT2D eigenvalue weighted by Gasteiger charge is 2.49. The van der Waals surface area contributed by atoms with Crippen LogP contribution in [0, 0.1) is 0 Å². The van der Waals surface area contributed by atoms with Crippen molar-refractivity contribution in [1.29, 1.82) is 0 Å². The second-order valence-corrected chi connectivity index (χ2v) is 7.23. The number of amides is 2. The molecule has 2 aliphatic rings. The summed E-state index contributed by atoms with van der Waals surface area (Å²) in [5.41, 5.74) is 9.45.